The summed E-state index contributed by atoms with van der Waals surface area (Å²) < 4.78 is 5.84. The van der Waals surface area contributed by atoms with Gasteiger partial charge in [-0.05, 0) is 53.9 Å². The van der Waals surface area contributed by atoms with Crippen molar-refractivity contribution in [3.8, 4) is 0 Å². The number of benzene rings is 2. The molecule has 0 spiro atoms. The Balaban J connectivity index is 1.45. The molecule has 4 aromatic rings. The maximum atomic E-state index is 12.2. The molecule has 0 aliphatic carbocycles. The van der Waals surface area contributed by atoms with Crippen LogP contribution in [0, 0.1) is 0 Å². The van der Waals surface area contributed by atoms with E-state index < -0.39 is 0 Å². The molecule has 0 fully saturated rings. The first kappa shape index (κ1) is 17.0. The molecule has 0 saturated heterocycles. The molecule has 1 amide bonds. The highest BCUT2D eigenvalue weighted by Crippen LogP contribution is 2.20. The largest absolute Gasteiger partial charge is 0.440 e. The number of anilines is 1. The summed E-state index contributed by atoms with van der Waals surface area (Å²) in [6.45, 7) is 2.12. The molecule has 0 bridgehead atoms. The van der Waals surface area contributed by atoms with Crippen molar-refractivity contribution in [2.75, 3.05) is 5.32 Å². The highest BCUT2D eigenvalue weighted by molar-refractivity contribution is 6.04. The van der Waals surface area contributed by atoms with Crippen LogP contribution in [0.2, 0.25) is 0 Å². The lowest BCUT2D eigenvalue weighted by molar-refractivity contribution is 0.102. The van der Waals surface area contributed by atoms with E-state index in [1.54, 1.807) is 24.5 Å². The Kier molecular flexibility index (Phi) is 4.66. The van der Waals surface area contributed by atoms with Crippen LogP contribution >= 0.6 is 0 Å². The highest BCUT2D eigenvalue weighted by Gasteiger charge is 2.09. The second-order valence-corrected chi connectivity index (χ2v) is 6.33. The lowest BCUT2D eigenvalue weighted by atomic mass is 10.1. The van der Waals surface area contributed by atoms with Crippen LogP contribution in [-0.2, 0) is 12.8 Å². The molecule has 2 aromatic carbocycles. The molecule has 2 heterocycles. The van der Waals surface area contributed by atoms with Gasteiger partial charge in [0.25, 0.3) is 5.91 Å². The van der Waals surface area contributed by atoms with Crippen molar-refractivity contribution < 1.29 is 9.21 Å². The van der Waals surface area contributed by atoms with Crippen molar-refractivity contribution in [2.45, 2.75) is 19.8 Å². The van der Waals surface area contributed by atoms with Crippen molar-refractivity contribution >= 4 is 22.7 Å². The zero-order valence-electron chi connectivity index (χ0n) is 15.0. The van der Waals surface area contributed by atoms with Gasteiger partial charge in [0, 0.05) is 24.5 Å². The summed E-state index contributed by atoms with van der Waals surface area (Å²) in [5.74, 6) is 0.506. The Hall–Kier alpha value is -3.47. The Morgan fingerprint density at radius 2 is 1.89 bits per heavy atom. The van der Waals surface area contributed by atoms with E-state index in [0.29, 0.717) is 17.9 Å². The molecular formula is C22H19N3O2. The third-order valence-corrected chi connectivity index (χ3v) is 4.40. The van der Waals surface area contributed by atoms with E-state index in [1.165, 1.54) is 5.56 Å². The lowest BCUT2D eigenvalue weighted by Gasteiger charge is -2.05. The van der Waals surface area contributed by atoms with Crippen LogP contribution in [0.5, 0.6) is 0 Å². The third-order valence-electron chi connectivity index (χ3n) is 4.40. The first-order chi connectivity index (χ1) is 13.2. The van der Waals surface area contributed by atoms with Gasteiger partial charge in [-0.25, -0.2) is 4.98 Å². The van der Waals surface area contributed by atoms with Crippen molar-refractivity contribution in [2.24, 2.45) is 0 Å². The van der Waals surface area contributed by atoms with Gasteiger partial charge in [-0.2, -0.15) is 0 Å². The number of fused-ring (bicyclic) bond motifs is 1. The fraction of sp³-hybridized carbons (Fsp3) is 0.136. The first-order valence-electron chi connectivity index (χ1n) is 8.90. The molecule has 0 atom stereocenters. The maximum Gasteiger partial charge on any atom is 0.257 e. The molecule has 0 unspecified atom stereocenters. The number of carbonyl (C=O) groups excluding carboxylic acids is 1. The molecule has 4 rings (SSSR count). The fourth-order valence-electron chi connectivity index (χ4n) is 2.90. The average molecular weight is 357 g/mol. The number of rotatable bonds is 5. The summed E-state index contributed by atoms with van der Waals surface area (Å²) in [6.07, 6.45) is 4.76. The minimum absolute atomic E-state index is 0.179. The predicted octanol–water partition coefficient (Wildman–Crippen LogP) is 4.63. The maximum absolute atomic E-state index is 12.2. The van der Waals surface area contributed by atoms with E-state index in [2.05, 4.69) is 34.3 Å². The van der Waals surface area contributed by atoms with Crippen LogP contribution in [0.1, 0.15) is 34.3 Å². The van der Waals surface area contributed by atoms with Gasteiger partial charge in [0.2, 0.25) is 0 Å². The van der Waals surface area contributed by atoms with Crippen molar-refractivity contribution in [3.63, 3.8) is 0 Å². The Morgan fingerprint density at radius 1 is 1.07 bits per heavy atom. The second kappa shape index (κ2) is 7.41. The summed E-state index contributed by atoms with van der Waals surface area (Å²) in [7, 11) is 0. The third kappa shape index (κ3) is 3.87. The molecular weight excluding hydrogens is 338 g/mol. The minimum Gasteiger partial charge on any atom is -0.440 e. The normalized spacial score (nSPS) is 10.9. The van der Waals surface area contributed by atoms with Crippen LogP contribution in [-0.4, -0.2) is 15.9 Å². The zero-order valence-corrected chi connectivity index (χ0v) is 15.0. The molecule has 5 nitrogen and oxygen atoms in total. The predicted molar refractivity (Wildman–Crippen MR) is 105 cm³/mol. The molecule has 134 valence electrons. The van der Waals surface area contributed by atoms with E-state index in [9.17, 15) is 4.79 Å². The lowest BCUT2D eigenvalue weighted by Crippen LogP contribution is -2.11. The monoisotopic (exact) mass is 357 g/mol. The minimum atomic E-state index is -0.179. The molecule has 1 N–H and O–H groups in total. The molecule has 0 radical (unpaired) electrons. The van der Waals surface area contributed by atoms with Crippen LogP contribution in [0.3, 0.4) is 0 Å². The smallest absolute Gasteiger partial charge is 0.257 e. The van der Waals surface area contributed by atoms with Crippen LogP contribution in [0.25, 0.3) is 11.1 Å². The van der Waals surface area contributed by atoms with Gasteiger partial charge in [0.15, 0.2) is 11.5 Å². The number of pyridine rings is 1. The number of nitrogens with zero attached hydrogens (tertiary/aromatic N) is 2. The van der Waals surface area contributed by atoms with E-state index in [0.717, 1.165) is 28.8 Å². The van der Waals surface area contributed by atoms with Crippen LogP contribution < -0.4 is 5.32 Å². The van der Waals surface area contributed by atoms with Gasteiger partial charge >= 0.3 is 0 Å². The average Bonchev–Trinajstić information content (AvgIpc) is 3.11. The molecule has 0 aliphatic heterocycles. The van der Waals surface area contributed by atoms with Crippen LogP contribution in [0.15, 0.2) is 71.4 Å². The van der Waals surface area contributed by atoms with Gasteiger partial charge < -0.3 is 9.73 Å². The number of aryl methyl sites for hydroxylation is 1. The standard InChI is InChI=1S/C22H19N3O2/c1-2-15-7-10-20-19(12-15)25-21(27-20)13-16-5-8-18(9-6-16)24-22(26)17-4-3-11-23-14-17/h3-12,14H,2,13H2,1H3,(H,24,26). The van der Waals surface area contributed by atoms with Gasteiger partial charge in [-0.1, -0.05) is 25.1 Å². The molecule has 0 aliphatic rings. The zero-order chi connectivity index (χ0) is 18.6. The fourth-order valence-corrected chi connectivity index (χ4v) is 2.90. The van der Waals surface area contributed by atoms with Crippen molar-refractivity contribution in [1.82, 2.24) is 9.97 Å². The summed E-state index contributed by atoms with van der Waals surface area (Å²) in [6, 6.07) is 17.3. The molecule has 27 heavy (non-hydrogen) atoms. The van der Waals surface area contributed by atoms with Gasteiger partial charge in [0.05, 0.1) is 5.56 Å². The second-order valence-electron chi connectivity index (χ2n) is 6.33. The highest BCUT2D eigenvalue weighted by atomic mass is 16.3. The molecule has 5 heteroatoms. The summed E-state index contributed by atoms with van der Waals surface area (Å²) in [5, 5.41) is 2.87. The topological polar surface area (TPSA) is 68.0 Å². The summed E-state index contributed by atoms with van der Waals surface area (Å²) in [4.78, 5) is 20.7. The van der Waals surface area contributed by atoms with Crippen LogP contribution in [0.4, 0.5) is 5.69 Å². The van der Waals surface area contributed by atoms with Crippen molar-refractivity contribution in [3.05, 3.63) is 89.6 Å². The van der Waals surface area contributed by atoms with Gasteiger partial charge in [0.1, 0.15) is 5.52 Å². The summed E-state index contributed by atoms with van der Waals surface area (Å²) >= 11 is 0. The SMILES string of the molecule is CCc1ccc2oc(Cc3ccc(NC(=O)c4cccnc4)cc3)nc2c1. The van der Waals surface area contributed by atoms with E-state index in [-0.39, 0.29) is 5.91 Å². The van der Waals surface area contributed by atoms with E-state index in [1.807, 2.05) is 30.3 Å². The number of carbonyl (C=O) groups is 1. The number of amides is 1. The Bertz CT molecular complexity index is 1070. The Morgan fingerprint density at radius 3 is 2.63 bits per heavy atom. The number of hydrogen-bond donors (Lipinski definition) is 1. The van der Waals surface area contributed by atoms with Gasteiger partial charge in [-0.15, -0.1) is 0 Å². The van der Waals surface area contributed by atoms with E-state index >= 15 is 0 Å². The van der Waals surface area contributed by atoms with E-state index in [4.69, 9.17) is 4.42 Å². The Labute approximate surface area is 157 Å². The van der Waals surface area contributed by atoms with Gasteiger partial charge in [-0.3, -0.25) is 9.78 Å². The quantitative estimate of drug-likeness (QED) is 0.565. The number of hydrogen-bond acceptors (Lipinski definition) is 4. The molecule has 2 aromatic heterocycles. The number of aromatic nitrogens is 2. The first-order valence-corrected chi connectivity index (χ1v) is 8.90. The number of oxazole rings is 1. The number of nitrogens with one attached hydrogen (secondary N) is 1. The molecule has 0 saturated carbocycles. The van der Waals surface area contributed by atoms with Crippen molar-refractivity contribution in [1.29, 1.82) is 0 Å². The summed E-state index contributed by atoms with van der Waals surface area (Å²) in [5.41, 5.74) is 5.28.